The molecule has 27 heavy (non-hydrogen) atoms. The van der Waals surface area contributed by atoms with Crippen molar-refractivity contribution in [1.29, 1.82) is 5.26 Å². The molecule has 0 saturated heterocycles. The summed E-state index contributed by atoms with van der Waals surface area (Å²) in [6, 6.07) is 31.2. The Morgan fingerprint density at radius 3 is 1.93 bits per heavy atom. The molecule has 0 aromatic heterocycles. The summed E-state index contributed by atoms with van der Waals surface area (Å²) in [4.78, 5) is 2.24. The SMILES string of the molecule is Bc1ccc(N(c2ccc(Br)cc2)c2ccc3cc(C#N)ccc3c2)cc1. The normalized spacial score (nSPS) is 10.5. The molecule has 0 saturated carbocycles. The number of hydrogen-bond donors (Lipinski definition) is 0. The lowest BCUT2D eigenvalue weighted by molar-refractivity contribution is 1.29. The average Bonchev–Trinajstić information content (AvgIpc) is 2.70. The molecular formula is C23H16BBrN2. The van der Waals surface area contributed by atoms with Gasteiger partial charge in [0.15, 0.2) is 0 Å². The van der Waals surface area contributed by atoms with Gasteiger partial charge < -0.3 is 4.90 Å². The molecule has 0 aliphatic heterocycles. The van der Waals surface area contributed by atoms with E-state index in [4.69, 9.17) is 5.26 Å². The molecular weight excluding hydrogens is 395 g/mol. The zero-order valence-corrected chi connectivity index (χ0v) is 16.4. The highest BCUT2D eigenvalue weighted by Gasteiger charge is 2.13. The number of halogens is 1. The fourth-order valence-corrected chi connectivity index (χ4v) is 3.44. The fraction of sp³-hybridized carbons (Fsp3) is 0. The maximum Gasteiger partial charge on any atom is 0.139 e. The summed E-state index contributed by atoms with van der Waals surface area (Å²) in [5.41, 5.74) is 5.19. The molecule has 0 fully saturated rings. The van der Waals surface area contributed by atoms with E-state index in [2.05, 4.69) is 101 Å². The lowest BCUT2D eigenvalue weighted by Gasteiger charge is -2.26. The first-order valence-corrected chi connectivity index (χ1v) is 9.50. The first kappa shape index (κ1) is 17.4. The van der Waals surface area contributed by atoms with Gasteiger partial charge in [-0.15, -0.1) is 0 Å². The number of benzene rings is 4. The van der Waals surface area contributed by atoms with Crippen LogP contribution in [0.15, 0.2) is 89.4 Å². The Morgan fingerprint density at radius 2 is 1.26 bits per heavy atom. The van der Waals surface area contributed by atoms with E-state index in [1.165, 1.54) is 5.46 Å². The van der Waals surface area contributed by atoms with Crippen LogP contribution in [0, 0.1) is 11.3 Å². The van der Waals surface area contributed by atoms with Gasteiger partial charge in [0.05, 0.1) is 11.6 Å². The van der Waals surface area contributed by atoms with Gasteiger partial charge in [0.25, 0.3) is 0 Å². The van der Waals surface area contributed by atoms with Crippen molar-refractivity contribution < 1.29 is 0 Å². The summed E-state index contributed by atoms with van der Waals surface area (Å²) < 4.78 is 1.05. The zero-order chi connectivity index (χ0) is 18.8. The predicted molar refractivity (Wildman–Crippen MR) is 119 cm³/mol. The van der Waals surface area contributed by atoms with Crippen molar-refractivity contribution in [3.63, 3.8) is 0 Å². The molecule has 4 aromatic rings. The van der Waals surface area contributed by atoms with E-state index in [1.54, 1.807) is 0 Å². The number of anilines is 3. The lowest BCUT2D eigenvalue weighted by Crippen LogP contribution is -2.11. The van der Waals surface area contributed by atoms with Crippen molar-refractivity contribution in [2.24, 2.45) is 0 Å². The second kappa shape index (κ2) is 7.30. The topological polar surface area (TPSA) is 27.0 Å². The van der Waals surface area contributed by atoms with E-state index in [0.29, 0.717) is 5.56 Å². The zero-order valence-electron chi connectivity index (χ0n) is 14.9. The molecule has 0 bridgehead atoms. The number of fused-ring (bicyclic) bond motifs is 1. The van der Waals surface area contributed by atoms with E-state index in [-0.39, 0.29) is 0 Å². The van der Waals surface area contributed by atoms with Crippen molar-refractivity contribution in [3.8, 4) is 6.07 Å². The Balaban J connectivity index is 1.87. The number of rotatable bonds is 3. The summed E-state index contributed by atoms with van der Waals surface area (Å²) in [7, 11) is 2.09. The Bertz CT molecular complexity index is 1100. The number of nitriles is 1. The van der Waals surface area contributed by atoms with Crippen LogP contribution in [0.3, 0.4) is 0 Å². The summed E-state index contributed by atoms with van der Waals surface area (Å²) in [5, 5.41) is 11.3. The Hall–Kier alpha value is -3.03. The van der Waals surface area contributed by atoms with Gasteiger partial charge in [-0.1, -0.05) is 45.7 Å². The first-order chi connectivity index (χ1) is 13.1. The van der Waals surface area contributed by atoms with Crippen LogP contribution < -0.4 is 10.4 Å². The van der Waals surface area contributed by atoms with Crippen LogP contribution in [0.1, 0.15) is 5.56 Å². The van der Waals surface area contributed by atoms with Crippen molar-refractivity contribution in [3.05, 3.63) is 95.0 Å². The van der Waals surface area contributed by atoms with Crippen LogP contribution in [0.25, 0.3) is 10.8 Å². The van der Waals surface area contributed by atoms with Crippen molar-refractivity contribution in [2.45, 2.75) is 0 Å². The summed E-state index contributed by atoms with van der Waals surface area (Å²) in [6.45, 7) is 0. The molecule has 0 spiro atoms. The quantitative estimate of drug-likeness (QED) is 0.434. The van der Waals surface area contributed by atoms with Crippen molar-refractivity contribution in [2.75, 3.05) is 4.90 Å². The average molecular weight is 411 g/mol. The molecule has 4 rings (SSSR count). The molecule has 2 nitrogen and oxygen atoms in total. The Kier molecular flexibility index (Phi) is 4.70. The Morgan fingerprint density at radius 1 is 0.704 bits per heavy atom. The van der Waals surface area contributed by atoms with Crippen molar-refractivity contribution >= 4 is 57.1 Å². The largest absolute Gasteiger partial charge is 0.310 e. The monoisotopic (exact) mass is 410 g/mol. The predicted octanol–water partition coefficient (Wildman–Crippen LogP) is 5.20. The number of nitrogens with zero attached hydrogens (tertiary/aromatic N) is 2. The van der Waals surface area contributed by atoms with Crippen LogP contribution in [0.4, 0.5) is 17.1 Å². The fourth-order valence-electron chi connectivity index (χ4n) is 3.17. The van der Waals surface area contributed by atoms with Gasteiger partial charge in [-0.3, -0.25) is 0 Å². The van der Waals surface area contributed by atoms with E-state index < -0.39 is 0 Å². The minimum absolute atomic E-state index is 0.679. The maximum absolute atomic E-state index is 9.12. The molecule has 0 aliphatic carbocycles. The Labute approximate surface area is 168 Å². The van der Waals surface area contributed by atoms with Gasteiger partial charge in [-0.25, -0.2) is 0 Å². The summed E-state index contributed by atoms with van der Waals surface area (Å²) >= 11 is 3.52. The molecule has 0 N–H and O–H groups in total. The molecule has 128 valence electrons. The van der Waals surface area contributed by atoms with Crippen LogP contribution >= 0.6 is 15.9 Å². The van der Waals surface area contributed by atoms with E-state index >= 15 is 0 Å². The second-order valence-electron chi connectivity index (χ2n) is 6.51. The summed E-state index contributed by atoms with van der Waals surface area (Å²) in [6.07, 6.45) is 0. The molecule has 0 heterocycles. The molecule has 0 unspecified atom stereocenters. The van der Waals surface area contributed by atoms with Gasteiger partial charge >= 0.3 is 0 Å². The minimum atomic E-state index is 0.679. The molecule has 0 atom stereocenters. The van der Waals surface area contributed by atoms with Crippen LogP contribution in [0.2, 0.25) is 0 Å². The molecule has 4 aromatic carbocycles. The highest BCUT2D eigenvalue weighted by atomic mass is 79.9. The molecule has 0 amide bonds. The third-order valence-corrected chi connectivity index (χ3v) is 5.12. The van der Waals surface area contributed by atoms with Gasteiger partial charge in [0.1, 0.15) is 7.85 Å². The van der Waals surface area contributed by atoms with E-state index in [0.717, 1.165) is 32.3 Å². The van der Waals surface area contributed by atoms with Crippen molar-refractivity contribution in [1.82, 2.24) is 0 Å². The van der Waals surface area contributed by atoms with Crippen LogP contribution in [-0.4, -0.2) is 7.85 Å². The third kappa shape index (κ3) is 3.60. The number of hydrogen-bond acceptors (Lipinski definition) is 2. The summed E-state index contributed by atoms with van der Waals surface area (Å²) in [5.74, 6) is 0. The third-order valence-electron chi connectivity index (χ3n) is 4.59. The van der Waals surface area contributed by atoms with E-state index in [1.807, 2.05) is 18.2 Å². The molecule has 0 aliphatic rings. The van der Waals surface area contributed by atoms with Gasteiger partial charge in [-0.05, 0) is 71.4 Å². The minimum Gasteiger partial charge on any atom is -0.310 e. The highest BCUT2D eigenvalue weighted by Crippen LogP contribution is 2.36. The maximum atomic E-state index is 9.12. The molecule has 4 heteroatoms. The van der Waals surface area contributed by atoms with Crippen LogP contribution in [0.5, 0.6) is 0 Å². The smallest absolute Gasteiger partial charge is 0.139 e. The second-order valence-corrected chi connectivity index (χ2v) is 7.42. The van der Waals surface area contributed by atoms with Gasteiger partial charge in [0, 0.05) is 21.5 Å². The van der Waals surface area contributed by atoms with E-state index in [9.17, 15) is 0 Å². The standard InChI is InChI=1S/C23H16BBrN2/c24-19-4-9-21(10-5-19)27(22-11-6-20(25)7-12-22)23-8-3-17-13-16(15-26)1-2-18(17)14-23/h1-14H,24H2. The first-order valence-electron chi connectivity index (χ1n) is 8.70. The van der Waals surface area contributed by atoms with Gasteiger partial charge in [0.2, 0.25) is 0 Å². The van der Waals surface area contributed by atoms with Gasteiger partial charge in [-0.2, -0.15) is 5.26 Å². The van der Waals surface area contributed by atoms with Crippen LogP contribution in [-0.2, 0) is 0 Å². The molecule has 0 radical (unpaired) electrons. The highest BCUT2D eigenvalue weighted by molar-refractivity contribution is 9.10. The lowest BCUT2D eigenvalue weighted by atomic mass is 9.96.